The maximum absolute atomic E-state index is 5.26. The number of para-hydroxylation sites is 3. The minimum Gasteiger partial charge on any atom is -0.313 e. The van der Waals surface area contributed by atoms with Crippen LogP contribution in [0.2, 0.25) is 0 Å². The summed E-state index contributed by atoms with van der Waals surface area (Å²) in [4.78, 5) is 12.7. The summed E-state index contributed by atoms with van der Waals surface area (Å²) in [5, 5.41) is 3.62. The zero-order valence-electron chi connectivity index (χ0n) is 28.9. The van der Waals surface area contributed by atoms with E-state index in [-0.39, 0.29) is 0 Å². The molecule has 6 aromatic carbocycles. The van der Waals surface area contributed by atoms with E-state index in [1.165, 1.54) is 38.5 Å². The van der Waals surface area contributed by atoms with Crippen molar-refractivity contribution < 1.29 is 0 Å². The Labute approximate surface area is 307 Å². The van der Waals surface area contributed by atoms with Crippen molar-refractivity contribution in [3.8, 4) is 33.9 Å². The summed E-state index contributed by atoms with van der Waals surface area (Å²) in [7, 11) is 0. The molecule has 0 N–H and O–H groups in total. The topological polar surface area (TPSA) is 38.9 Å². The summed E-state index contributed by atoms with van der Waals surface area (Å²) in [6, 6.07) is 54.4. The SMILES string of the molecule is C1=CCCC(c2nc(-c3ccccc3)cc(-n3c4ccccc4c4cc(-c5ccc6c(c5)-n5ccc7cccc(c75)N6c5ccccc5)ccc43)n2)=C1. The van der Waals surface area contributed by atoms with Crippen LogP contribution in [0.15, 0.2) is 176 Å². The lowest BCUT2D eigenvalue weighted by Crippen LogP contribution is -2.17. The summed E-state index contributed by atoms with van der Waals surface area (Å²) >= 11 is 0. The van der Waals surface area contributed by atoms with Crippen molar-refractivity contribution >= 4 is 55.3 Å². The van der Waals surface area contributed by atoms with E-state index < -0.39 is 0 Å². The fraction of sp³-hybridized carbons (Fsp3) is 0.0417. The molecule has 0 amide bonds. The third kappa shape index (κ3) is 4.71. The van der Waals surface area contributed by atoms with Gasteiger partial charge >= 0.3 is 0 Å². The molecule has 0 unspecified atom stereocenters. The summed E-state index contributed by atoms with van der Waals surface area (Å²) in [6.45, 7) is 0. The van der Waals surface area contributed by atoms with Crippen LogP contribution >= 0.6 is 0 Å². The molecule has 5 heteroatoms. The fourth-order valence-corrected chi connectivity index (χ4v) is 8.26. The number of allylic oxidation sites excluding steroid dienone is 4. The molecule has 0 saturated heterocycles. The molecule has 9 aromatic rings. The molecule has 4 heterocycles. The van der Waals surface area contributed by atoms with E-state index in [0.29, 0.717) is 0 Å². The van der Waals surface area contributed by atoms with Crippen molar-refractivity contribution in [2.45, 2.75) is 12.8 Å². The second-order valence-electron chi connectivity index (χ2n) is 13.8. The zero-order chi connectivity index (χ0) is 34.9. The minimum absolute atomic E-state index is 0.785. The van der Waals surface area contributed by atoms with Gasteiger partial charge in [0, 0.05) is 39.7 Å². The van der Waals surface area contributed by atoms with Gasteiger partial charge in [0.25, 0.3) is 0 Å². The first kappa shape index (κ1) is 29.7. The molecule has 250 valence electrons. The van der Waals surface area contributed by atoms with E-state index in [2.05, 4.69) is 184 Å². The highest BCUT2D eigenvalue weighted by Gasteiger charge is 2.26. The largest absolute Gasteiger partial charge is 0.313 e. The van der Waals surface area contributed by atoms with Gasteiger partial charge in [0.1, 0.15) is 5.82 Å². The van der Waals surface area contributed by atoms with Gasteiger partial charge in [-0.2, -0.15) is 0 Å². The van der Waals surface area contributed by atoms with Crippen molar-refractivity contribution in [3.63, 3.8) is 0 Å². The Morgan fingerprint density at radius 2 is 1.34 bits per heavy atom. The molecule has 3 aromatic heterocycles. The Balaban J connectivity index is 1.09. The molecule has 0 bridgehead atoms. The molecule has 53 heavy (non-hydrogen) atoms. The average molecular weight is 680 g/mol. The predicted octanol–water partition coefficient (Wildman–Crippen LogP) is 12.4. The highest BCUT2D eigenvalue weighted by atomic mass is 15.2. The van der Waals surface area contributed by atoms with Gasteiger partial charge in [-0.15, -0.1) is 0 Å². The molecule has 0 fully saturated rings. The van der Waals surface area contributed by atoms with E-state index in [0.717, 1.165) is 69.4 Å². The number of aromatic nitrogens is 4. The molecule has 0 saturated carbocycles. The Hall–Kier alpha value is -6.98. The molecule has 5 nitrogen and oxygen atoms in total. The molecule has 0 spiro atoms. The highest BCUT2D eigenvalue weighted by molar-refractivity contribution is 6.10. The third-order valence-electron chi connectivity index (χ3n) is 10.7. The molecule has 0 radical (unpaired) electrons. The molecular formula is C48H33N5. The van der Waals surface area contributed by atoms with Gasteiger partial charge in [0.05, 0.1) is 39.3 Å². The van der Waals surface area contributed by atoms with Crippen molar-refractivity contribution in [2.24, 2.45) is 0 Å². The quantitative estimate of drug-likeness (QED) is 0.182. The van der Waals surface area contributed by atoms with Crippen molar-refractivity contribution in [1.29, 1.82) is 0 Å². The smallest absolute Gasteiger partial charge is 0.158 e. The van der Waals surface area contributed by atoms with E-state index in [1.807, 2.05) is 6.07 Å². The lowest BCUT2D eigenvalue weighted by Gasteiger charge is -2.33. The molecule has 11 rings (SSSR count). The van der Waals surface area contributed by atoms with Gasteiger partial charge in [-0.3, -0.25) is 4.57 Å². The fourth-order valence-electron chi connectivity index (χ4n) is 8.26. The van der Waals surface area contributed by atoms with E-state index in [1.54, 1.807) is 0 Å². The summed E-state index contributed by atoms with van der Waals surface area (Å²) in [5.41, 5.74) is 13.6. The first-order chi connectivity index (χ1) is 26.3. The summed E-state index contributed by atoms with van der Waals surface area (Å²) in [5.74, 6) is 1.65. The first-order valence-corrected chi connectivity index (χ1v) is 18.2. The van der Waals surface area contributed by atoms with Gasteiger partial charge in [-0.25, -0.2) is 9.97 Å². The van der Waals surface area contributed by atoms with Crippen LogP contribution in [0.4, 0.5) is 17.1 Å². The maximum Gasteiger partial charge on any atom is 0.158 e. The van der Waals surface area contributed by atoms with E-state index in [9.17, 15) is 0 Å². The van der Waals surface area contributed by atoms with E-state index in [4.69, 9.17) is 9.97 Å². The number of nitrogens with zero attached hydrogens (tertiary/aromatic N) is 5. The van der Waals surface area contributed by atoms with Crippen LogP contribution in [0, 0.1) is 0 Å². The van der Waals surface area contributed by atoms with Gasteiger partial charge < -0.3 is 9.47 Å². The number of fused-ring (bicyclic) bond motifs is 5. The minimum atomic E-state index is 0.785. The molecule has 0 atom stereocenters. The summed E-state index contributed by atoms with van der Waals surface area (Å²) < 4.78 is 4.66. The number of rotatable bonds is 5. The Bertz CT molecular complexity index is 2950. The Kier molecular flexibility index (Phi) is 6.61. The predicted molar refractivity (Wildman–Crippen MR) is 219 cm³/mol. The van der Waals surface area contributed by atoms with Crippen molar-refractivity contribution in [1.82, 2.24) is 19.1 Å². The van der Waals surface area contributed by atoms with Crippen LogP contribution in [0.25, 0.3) is 72.2 Å². The van der Waals surface area contributed by atoms with Crippen LogP contribution in [0.1, 0.15) is 18.7 Å². The normalized spacial score (nSPS) is 13.5. The molecule has 1 aliphatic heterocycles. The van der Waals surface area contributed by atoms with Crippen LogP contribution in [-0.4, -0.2) is 19.1 Å². The standard InChI is InChI=1S/C48H33N5/c1-4-13-32(14-5-1)40-31-46(50-48(49-40)34-15-6-2-7-16-34)53-41-21-11-10-20-38(41)39-29-35(23-25-42(39)53)36-24-26-43-45(30-36)51-28-27-33-17-12-22-44(47(33)51)52(43)37-18-8-3-9-19-37/h1-6,8-15,17-31H,7,16H2. The lowest BCUT2D eigenvalue weighted by atomic mass is 10.00. The van der Waals surface area contributed by atoms with Crippen LogP contribution in [-0.2, 0) is 0 Å². The highest BCUT2D eigenvalue weighted by Crippen LogP contribution is 2.48. The van der Waals surface area contributed by atoms with Gasteiger partial charge in [-0.1, -0.05) is 109 Å². The number of hydrogen-bond acceptors (Lipinski definition) is 3. The molecule has 2 aliphatic rings. The van der Waals surface area contributed by atoms with Crippen molar-refractivity contribution in [3.05, 3.63) is 182 Å². The van der Waals surface area contributed by atoms with Crippen molar-refractivity contribution in [2.75, 3.05) is 4.90 Å². The van der Waals surface area contributed by atoms with Gasteiger partial charge in [0.2, 0.25) is 0 Å². The average Bonchev–Trinajstić information content (AvgIpc) is 3.82. The third-order valence-corrected chi connectivity index (χ3v) is 10.7. The lowest BCUT2D eigenvalue weighted by molar-refractivity contribution is 0.975. The van der Waals surface area contributed by atoms with Crippen LogP contribution in [0.5, 0.6) is 0 Å². The van der Waals surface area contributed by atoms with Gasteiger partial charge in [-0.05, 0) is 84.1 Å². The zero-order valence-corrected chi connectivity index (χ0v) is 28.9. The second-order valence-corrected chi connectivity index (χ2v) is 13.8. The second kappa shape index (κ2) is 11.8. The number of benzene rings is 6. The van der Waals surface area contributed by atoms with Gasteiger partial charge in [0.15, 0.2) is 5.82 Å². The van der Waals surface area contributed by atoms with E-state index >= 15 is 0 Å². The Morgan fingerprint density at radius 1 is 0.547 bits per heavy atom. The molecule has 1 aliphatic carbocycles. The first-order valence-electron chi connectivity index (χ1n) is 18.2. The monoisotopic (exact) mass is 679 g/mol. The maximum atomic E-state index is 5.26. The number of anilines is 3. The van der Waals surface area contributed by atoms with Crippen LogP contribution in [0.3, 0.4) is 0 Å². The molecular weight excluding hydrogens is 647 g/mol. The summed E-state index contributed by atoms with van der Waals surface area (Å²) in [6.07, 6.45) is 10.6. The van der Waals surface area contributed by atoms with Crippen LogP contribution < -0.4 is 4.90 Å². The number of hydrogen-bond donors (Lipinski definition) is 0. The Morgan fingerprint density at radius 3 is 2.21 bits per heavy atom.